The molecule has 0 spiro atoms. The molecule has 6 heteroatoms. The van der Waals surface area contributed by atoms with Crippen molar-refractivity contribution >= 4 is 17.9 Å². The summed E-state index contributed by atoms with van der Waals surface area (Å²) < 4.78 is 4.76. The quantitative estimate of drug-likeness (QED) is 0.396. The molecule has 96 valence electrons. The first-order valence-electron chi connectivity index (χ1n) is 5.22. The molecule has 6 nitrogen and oxygen atoms in total. The standard InChI is InChI=1S/C11H16O6/c1-3-4-5-17-9(12)6-8(11(15)16)7(2)10(13)14/h3-6H2,1-2H3,(H,13,14)(H,15,16)/b8-7+. The van der Waals surface area contributed by atoms with E-state index in [0.29, 0.717) is 6.42 Å². The molecule has 0 saturated heterocycles. The molecule has 0 rings (SSSR count). The van der Waals surface area contributed by atoms with E-state index in [1.165, 1.54) is 0 Å². The predicted octanol–water partition coefficient (Wildman–Crippen LogP) is 1.21. The molecule has 0 aliphatic heterocycles. The van der Waals surface area contributed by atoms with Crippen molar-refractivity contribution in [1.29, 1.82) is 0 Å². The van der Waals surface area contributed by atoms with Crippen molar-refractivity contribution in [2.24, 2.45) is 0 Å². The lowest BCUT2D eigenvalue weighted by Gasteiger charge is -2.06. The van der Waals surface area contributed by atoms with E-state index in [1.807, 2.05) is 6.92 Å². The molecule has 0 amide bonds. The Kier molecular flexibility index (Phi) is 6.62. The highest BCUT2D eigenvalue weighted by Gasteiger charge is 2.20. The zero-order chi connectivity index (χ0) is 13.4. The third-order valence-corrected chi connectivity index (χ3v) is 2.11. The molecule has 0 bridgehead atoms. The van der Waals surface area contributed by atoms with Crippen molar-refractivity contribution in [2.45, 2.75) is 33.1 Å². The number of ether oxygens (including phenoxy) is 1. The normalized spacial score (nSPS) is 11.6. The molecule has 0 saturated carbocycles. The molecular weight excluding hydrogens is 228 g/mol. The first-order valence-corrected chi connectivity index (χ1v) is 5.22. The number of carboxylic acid groups (broad SMARTS) is 2. The van der Waals surface area contributed by atoms with Gasteiger partial charge in [-0.1, -0.05) is 13.3 Å². The van der Waals surface area contributed by atoms with Gasteiger partial charge in [0, 0.05) is 5.57 Å². The molecule has 0 fully saturated rings. The summed E-state index contributed by atoms with van der Waals surface area (Å²) in [5, 5.41) is 17.4. The second-order valence-electron chi connectivity index (χ2n) is 3.46. The van der Waals surface area contributed by atoms with Gasteiger partial charge in [0.25, 0.3) is 0 Å². The second-order valence-corrected chi connectivity index (χ2v) is 3.46. The largest absolute Gasteiger partial charge is 0.478 e. The van der Waals surface area contributed by atoms with Crippen LogP contribution in [0, 0.1) is 0 Å². The summed E-state index contributed by atoms with van der Waals surface area (Å²) in [7, 11) is 0. The lowest BCUT2D eigenvalue weighted by molar-refractivity contribution is -0.145. The van der Waals surface area contributed by atoms with Gasteiger partial charge in [-0.25, -0.2) is 9.59 Å². The summed E-state index contributed by atoms with van der Waals surface area (Å²) in [6.07, 6.45) is 1.01. The molecule has 17 heavy (non-hydrogen) atoms. The topological polar surface area (TPSA) is 101 Å². The molecule has 0 unspecified atom stereocenters. The number of unbranched alkanes of at least 4 members (excludes halogenated alkanes) is 1. The Morgan fingerprint density at radius 1 is 1.12 bits per heavy atom. The van der Waals surface area contributed by atoms with Gasteiger partial charge >= 0.3 is 17.9 Å². The number of hydrogen-bond acceptors (Lipinski definition) is 4. The summed E-state index contributed by atoms with van der Waals surface area (Å²) in [6.45, 7) is 3.28. The maximum atomic E-state index is 11.2. The first kappa shape index (κ1) is 15.2. The van der Waals surface area contributed by atoms with E-state index in [-0.39, 0.29) is 12.2 Å². The van der Waals surface area contributed by atoms with E-state index in [2.05, 4.69) is 0 Å². The van der Waals surface area contributed by atoms with Crippen molar-refractivity contribution in [3.05, 3.63) is 11.1 Å². The van der Waals surface area contributed by atoms with Gasteiger partial charge in [0.1, 0.15) is 0 Å². The van der Waals surface area contributed by atoms with Gasteiger partial charge in [0.05, 0.1) is 18.6 Å². The van der Waals surface area contributed by atoms with Gasteiger partial charge in [-0.05, 0) is 13.3 Å². The number of carboxylic acids is 2. The third kappa shape index (κ3) is 5.70. The Labute approximate surface area is 98.9 Å². The van der Waals surface area contributed by atoms with Crippen molar-refractivity contribution in [2.75, 3.05) is 6.61 Å². The molecule has 2 N–H and O–H groups in total. The number of hydrogen-bond donors (Lipinski definition) is 2. The summed E-state index contributed by atoms with van der Waals surface area (Å²) in [5.41, 5.74) is -0.802. The van der Waals surface area contributed by atoms with Gasteiger partial charge in [-0.2, -0.15) is 0 Å². The second kappa shape index (κ2) is 7.43. The van der Waals surface area contributed by atoms with Crippen LogP contribution < -0.4 is 0 Å². The van der Waals surface area contributed by atoms with Gasteiger partial charge in [0.2, 0.25) is 0 Å². The Bertz CT molecular complexity index is 342. The SMILES string of the molecule is CCCCOC(=O)C/C(C(=O)O)=C(/C)C(=O)O. The zero-order valence-electron chi connectivity index (χ0n) is 9.86. The molecule has 0 aromatic rings. The summed E-state index contributed by atoms with van der Waals surface area (Å²) in [4.78, 5) is 32.6. The monoisotopic (exact) mass is 244 g/mol. The minimum Gasteiger partial charge on any atom is -0.478 e. The zero-order valence-corrected chi connectivity index (χ0v) is 9.86. The maximum Gasteiger partial charge on any atom is 0.332 e. The van der Waals surface area contributed by atoms with E-state index in [1.54, 1.807) is 0 Å². The van der Waals surface area contributed by atoms with Crippen molar-refractivity contribution in [3.8, 4) is 0 Å². The highest BCUT2D eigenvalue weighted by molar-refractivity contribution is 6.01. The van der Waals surface area contributed by atoms with Crippen LogP contribution in [0.2, 0.25) is 0 Å². The third-order valence-electron chi connectivity index (χ3n) is 2.11. The molecular formula is C11H16O6. The average Bonchev–Trinajstić information content (AvgIpc) is 2.24. The number of esters is 1. The van der Waals surface area contributed by atoms with Crippen LogP contribution in [0.15, 0.2) is 11.1 Å². The van der Waals surface area contributed by atoms with Crippen LogP contribution in [-0.2, 0) is 19.1 Å². The fourth-order valence-electron chi connectivity index (χ4n) is 1.02. The van der Waals surface area contributed by atoms with Gasteiger partial charge in [-0.15, -0.1) is 0 Å². The van der Waals surface area contributed by atoms with Gasteiger partial charge in [0.15, 0.2) is 0 Å². The fraction of sp³-hybridized carbons (Fsp3) is 0.545. The van der Waals surface area contributed by atoms with Crippen LogP contribution in [0.25, 0.3) is 0 Å². The van der Waals surface area contributed by atoms with Crippen LogP contribution in [0.4, 0.5) is 0 Å². The van der Waals surface area contributed by atoms with Gasteiger partial charge < -0.3 is 14.9 Å². The Morgan fingerprint density at radius 3 is 2.12 bits per heavy atom. The van der Waals surface area contributed by atoms with Crippen molar-refractivity contribution < 1.29 is 29.3 Å². The van der Waals surface area contributed by atoms with Crippen LogP contribution in [0.1, 0.15) is 33.1 Å². The van der Waals surface area contributed by atoms with E-state index in [0.717, 1.165) is 13.3 Å². The Balaban J connectivity index is 4.58. The minimum atomic E-state index is -1.42. The van der Waals surface area contributed by atoms with E-state index >= 15 is 0 Å². The molecule has 0 aliphatic carbocycles. The number of rotatable bonds is 7. The maximum absolute atomic E-state index is 11.2. The van der Waals surface area contributed by atoms with Crippen LogP contribution in [0.5, 0.6) is 0 Å². The summed E-state index contributed by atoms with van der Waals surface area (Å²) >= 11 is 0. The highest BCUT2D eigenvalue weighted by atomic mass is 16.5. The summed E-state index contributed by atoms with van der Waals surface area (Å²) in [5.74, 6) is -3.50. The van der Waals surface area contributed by atoms with E-state index in [4.69, 9.17) is 14.9 Å². The lowest BCUT2D eigenvalue weighted by Crippen LogP contribution is -2.15. The van der Waals surface area contributed by atoms with Crippen LogP contribution in [-0.4, -0.2) is 34.7 Å². The van der Waals surface area contributed by atoms with E-state index in [9.17, 15) is 14.4 Å². The Hall–Kier alpha value is -1.85. The molecule has 0 radical (unpaired) electrons. The van der Waals surface area contributed by atoms with Crippen LogP contribution >= 0.6 is 0 Å². The Morgan fingerprint density at radius 2 is 1.71 bits per heavy atom. The number of carbonyl (C=O) groups is 3. The number of carbonyl (C=O) groups excluding carboxylic acids is 1. The molecule has 0 aliphatic rings. The molecule has 0 atom stereocenters. The smallest absolute Gasteiger partial charge is 0.332 e. The predicted molar refractivity (Wildman–Crippen MR) is 58.5 cm³/mol. The van der Waals surface area contributed by atoms with E-state index < -0.39 is 29.9 Å². The van der Waals surface area contributed by atoms with Gasteiger partial charge in [-0.3, -0.25) is 4.79 Å². The number of aliphatic carboxylic acids is 2. The molecule has 0 aromatic heterocycles. The molecule has 0 aromatic carbocycles. The highest BCUT2D eigenvalue weighted by Crippen LogP contribution is 2.11. The van der Waals surface area contributed by atoms with Crippen LogP contribution in [0.3, 0.4) is 0 Å². The van der Waals surface area contributed by atoms with Crippen molar-refractivity contribution in [1.82, 2.24) is 0 Å². The average molecular weight is 244 g/mol. The first-order chi connectivity index (χ1) is 7.90. The minimum absolute atomic E-state index is 0.217. The lowest BCUT2D eigenvalue weighted by atomic mass is 10.1. The fourth-order valence-corrected chi connectivity index (χ4v) is 1.02. The van der Waals surface area contributed by atoms with Crippen molar-refractivity contribution in [3.63, 3.8) is 0 Å². The molecule has 0 heterocycles. The summed E-state index contributed by atoms with van der Waals surface area (Å²) in [6, 6.07) is 0.